The highest BCUT2D eigenvalue weighted by atomic mass is 16.2. The van der Waals surface area contributed by atoms with Crippen LogP contribution in [0.4, 0.5) is 0 Å². The lowest BCUT2D eigenvalue weighted by Gasteiger charge is -2.27. The SMILES string of the molecule is CCCCN(C)C(=O)C1CC(=O)c2ccccc2C1. The molecule has 19 heavy (non-hydrogen) atoms. The number of benzene rings is 1. The van der Waals surface area contributed by atoms with Crippen molar-refractivity contribution in [3.05, 3.63) is 35.4 Å². The van der Waals surface area contributed by atoms with Gasteiger partial charge in [0.05, 0.1) is 0 Å². The number of carbonyl (C=O) groups is 2. The molecule has 0 N–H and O–H groups in total. The van der Waals surface area contributed by atoms with Crippen LogP contribution in [0, 0.1) is 5.92 Å². The van der Waals surface area contributed by atoms with Gasteiger partial charge in [-0.05, 0) is 18.4 Å². The molecule has 1 amide bonds. The third-order valence-corrected chi connectivity index (χ3v) is 3.79. The van der Waals surface area contributed by atoms with Gasteiger partial charge in [-0.3, -0.25) is 9.59 Å². The zero-order valence-electron chi connectivity index (χ0n) is 11.7. The highest BCUT2D eigenvalue weighted by molar-refractivity contribution is 6.01. The third kappa shape index (κ3) is 3.03. The summed E-state index contributed by atoms with van der Waals surface area (Å²) < 4.78 is 0. The van der Waals surface area contributed by atoms with Gasteiger partial charge in [0.15, 0.2) is 5.78 Å². The molecule has 0 spiro atoms. The smallest absolute Gasteiger partial charge is 0.226 e. The molecule has 0 bridgehead atoms. The van der Waals surface area contributed by atoms with Crippen LogP contribution in [-0.4, -0.2) is 30.2 Å². The number of hydrogen-bond acceptors (Lipinski definition) is 2. The minimum atomic E-state index is -0.177. The number of nitrogens with zero attached hydrogens (tertiary/aromatic N) is 1. The molecule has 0 heterocycles. The Morgan fingerprint density at radius 3 is 2.79 bits per heavy atom. The van der Waals surface area contributed by atoms with Gasteiger partial charge in [-0.2, -0.15) is 0 Å². The largest absolute Gasteiger partial charge is 0.346 e. The summed E-state index contributed by atoms with van der Waals surface area (Å²) in [7, 11) is 1.84. The monoisotopic (exact) mass is 259 g/mol. The van der Waals surface area contributed by atoms with Crippen molar-refractivity contribution in [1.82, 2.24) is 4.90 Å². The van der Waals surface area contributed by atoms with Crippen molar-refractivity contribution in [1.29, 1.82) is 0 Å². The minimum Gasteiger partial charge on any atom is -0.346 e. The maximum absolute atomic E-state index is 12.3. The number of rotatable bonds is 4. The molecule has 0 aliphatic heterocycles. The summed E-state index contributed by atoms with van der Waals surface area (Å²) >= 11 is 0. The van der Waals surface area contributed by atoms with E-state index in [4.69, 9.17) is 0 Å². The molecule has 1 aromatic rings. The molecule has 1 aliphatic rings. The molecule has 0 radical (unpaired) electrons. The topological polar surface area (TPSA) is 37.4 Å². The van der Waals surface area contributed by atoms with Crippen molar-refractivity contribution >= 4 is 11.7 Å². The highest BCUT2D eigenvalue weighted by Gasteiger charge is 2.30. The zero-order valence-corrected chi connectivity index (χ0v) is 11.7. The van der Waals surface area contributed by atoms with E-state index in [9.17, 15) is 9.59 Å². The van der Waals surface area contributed by atoms with Gasteiger partial charge in [-0.25, -0.2) is 0 Å². The molecule has 0 fully saturated rings. The normalized spacial score (nSPS) is 18.0. The molecular formula is C16H21NO2. The van der Waals surface area contributed by atoms with E-state index in [1.165, 1.54) is 0 Å². The van der Waals surface area contributed by atoms with Gasteiger partial charge < -0.3 is 4.90 Å². The van der Waals surface area contributed by atoms with Crippen LogP contribution in [0.5, 0.6) is 0 Å². The minimum absolute atomic E-state index is 0.101. The predicted octanol–water partition coefficient (Wildman–Crippen LogP) is 2.69. The molecule has 102 valence electrons. The summed E-state index contributed by atoms with van der Waals surface area (Å²) in [6, 6.07) is 7.63. The number of unbranched alkanes of at least 4 members (excludes halogenated alkanes) is 1. The number of carbonyl (C=O) groups excluding carboxylic acids is 2. The summed E-state index contributed by atoms with van der Waals surface area (Å²) in [5, 5.41) is 0. The Balaban J connectivity index is 2.08. The van der Waals surface area contributed by atoms with Crippen LogP contribution in [0.1, 0.15) is 42.1 Å². The van der Waals surface area contributed by atoms with Crippen LogP contribution in [0.3, 0.4) is 0 Å². The van der Waals surface area contributed by atoms with Crippen molar-refractivity contribution in [2.45, 2.75) is 32.6 Å². The maximum Gasteiger partial charge on any atom is 0.226 e. The van der Waals surface area contributed by atoms with E-state index in [0.29, 0.717) is 12.8 Å². The summed E-state index contributed by atoms with van der Waals surface area (Å²) in [4.78, 5) is 26.2. The van der Waals surface area contributed by atoms with Crippen molar-refractivity contribution in [2.75, 3.05) is 13.6 Å². The Morgan fingerprint density at radius 1 is 1.32 bits per heavy atom. The average molecular weight is 259 g/mol. The number of ketones is 1. The number of hydrogen-bond donors (Lipinski definition) is 0. The Labute approximate surface area is 114 Å². The van der Waals surface area contributed by atoms with Gasteiger partial charge >= 0.3 is 0 Å². The maximum atomic E-state index is 12.3. The van der Waals surface area contributed by atoms with Crippen molar-refractivity contribution < 1.29 is 9.59 Å². The van der Waals surface area contributed by atoms with Crippen molar-refractivity contribution in [3.8, 4) is 0 Å². The quantitative estimate of drug-likeness (QED) is 0.833. The number of amides is 1. The van der Waals surface area contributed by atoms with E-state index < -0.39 is 0 Å². The third-order valence-electron chi connectivity index (χ3n) is 3.79. The Bertz CT molecular complexity index is 481. The van der Waals surface area contributed by atoms with Crippen LogP contribution in [-0.2, 0) is 11.2 Å². The molecule has 1 aromatic carbocycles. The molecule has 1 unspecified atom stereocenters. The van der Waals surface area contributed by atoms with Gasteiger partial charge in [0.1, 0.15) is 0 Å². The summed E-state index contributed by atoms with van der Waals surface area (Å²) in [5.41, 5.74) is 1.81. The molecule has 2 rings (SSSR count). The van der Waals surface area contributed by atoms with Crippen LogP contribution in [0.15, 0.2) is 24.3 Å². The lowest BCUT2D eigenvalue weighted by atomic mass is 9.82. The second-order valence-electron chi connectivity index (χ2n) is 5.30. The first kappa shape index (κ1) is 13.8. The molecule has 0 aromatic heterocycles. The van der Waals surface area contributed by atoms with E-state index >= 15 is 0 Å². The predicted molar refractivity (Wildman–Crippen MR) is 75.1 cm³/mol. The molecule has 3 nitrogen and oxygen atoms in total. The van der Waals surface area contributed by atoms with Crippen molar-refractivity contribution in [3.63, 3.8) is 0 Å². The van der Waals surface area contributed by atoms with E-state index in [2.05, 4.69) is 6.92 Å². The lowest BCUT2D eigenvalue weighted by molar-refractivity contribution is -0.134. The molecule has 1 aliphatic carbocycles. The average Bonchev–Trinajstić information content (AvgIpc) is 2.43. The van der Waals surface area contributed by atoms with Crippen LogP contribution in [0.2, 0.25) is 0 Å². The van der Waals surface area contributed by atoms with E-state index in [0.717, 1.165) is 30.5 Å². The second kappa shape index (κ2) is 6.00. The first-order valence-corrected chi connectivity index (χ1v) is 6.99. The zero-order chi connectivity index (χ0) is 13.8. The fraction of sp³-hybridized carbons (Fsp3) is 0.500. The van der Waals surface area contributed by atoms with Gasteiger partial charge in [0.2, 0.25) is 5.91 Å². The van der Waals surface area contributed by atoms with E-state index in [1.54, 1.807) is 4.90 Å². The van der Waals surface area contributed by atoms with Gasteiger partial charge in [-0.15, -0.1) is 0 Å². The second-order valence-corrected chi connectivity index (χ2v) is 5.30. The fourth-order valence-corrected chi connectivity index (χ4v) is 2.63. The molecule has 0 saturated carbocycles. The lowest BCUT2D eigenvalue weighted by Crippen LogP contribution is -2.37. The number of Topliss-reactive ketones (excluding diaryl/α,β-unsaturated/α-hetero) is 1. The molecular weight excluding hydrogens is 238 g/mol. The Hall–Kier alpha value is -1.64. The highest BCUT2D eigenvalue weighted by Crippen LogP contribution is 2.26. The summed E-state index contributed by atoms with van der Waals surface area (Å²) in [6.07, 6.45) is 3.13. The fourth-order valence-electron chi connectivity index (χ4n) is 2.63. The first-order valence-electron chi connectivity index (χ1n) is 6.99. The Morgan fingerprint density at radius 2 is 2.05 bits per heavy atom. The van der Waals surface area contributed by atoms with Gasteiger partial charge in [0.25, 0.3) is 0 Å². The van der Waals surface area contributed by atoms with Crippen LogP contribution >= 0.6 is 0 Å². The van der Waals surface area contributed by atoms with Crippen LogP contribution in [0.25, 0.3) is 0 Å². The summed E-state index contributed by atoms with van der Waals surface area (Å²) in [5.74, 6) is 0.0321. The molecule has 1 atom stereocenters. The van der Waals surface area contributed by atoms with Crippen molar-refractivity contribution in [2.24, 2.45) is 5.92 Å². The Kier molecular flexibility index (Phi) is 4.35. The van der Waals surface area contributed by atoms with Gasteiger partial charge in [-0.1, -0.05) is 37.6 Å². The number of fused-ring (bicyclic) bond motifs is 1. The van der Waals surface area contributed by atoms with E-state index in [1.807, 2.05) is 31.3 Å². The summed E-state index contributed by atoms with van der Waals surface area (Å²) in [6.45, 7) is 2.89. The molecule has 0 saturated heterocycles. The standard InChI is InChI=1S/C16H21NO2/c1-3-4-9-17(2)16(19)13-10-12-7-5-6-8-14(12)15(18)11-13/h5-8,13H,3-4,9-11H2,1-2H3. The first-order chi connectivity index (χ1) is 9.13. The van der Waals surface area contributed by atoms with Gasteiger partial charge in [0, 0.05) is 31.5 Å². The molecule has 3 heteroatoms. The van der Waals surface area contributed by atoms with Crippen LogP contribution < -0.4 is 0 Å². The van der Waals surface area contributed by atoms with E-state index in [-0.39, 0.29) is 17.6 Å².